The quantitative estimate of drug-likeness (QED) is 0.368. The van der Waals surface area contributed by atoms with Crippen molar-refractivity contribution in [1.29, 1.82) is 0 Å². The molecule has 24 heavy (non-hydrogen) atoms. The van der Waals surface area contributed by atoms with Gasteiger partial charge in [0.05, 0.1) is 27.4 Å². The van der Waals surface area contributed by atoms with Gasteiger partial charge in [0.2, 0.25) is 5.69 Å². The summed E-state index contributed by atoms with van der Waals surface area (Å²) in [7, 11) is 2.07. The maximum absolute atomic E-state index is 4.30. The first-order valence-corrected chi connectivity index (χ1v) is 9.50. The van der Waals surface area contributed by atoms with Crippen LogP contribution < -0.4 is 4.57 Å². The highest BCUT2D eigenvalue weighted by atomic mass is 32.1. The Balaban J connectivity index is 1.85. The Labute approximate surface area is 147 Å². The molecule has 0 fully saturated rings. The molecule has 3 heterocycles. The van der Waals surface area contributed by atoms with Crippen molar-refractivity contribution in [3.8, 4) is 11.3 Å². The van der Waals surface area contributed by atoms with Crippen molar-refractivity contribution in [2.24, 2.45) is 7.05 Å². The summed E-state index contributed by atoms with van der Waals surface area (Å²) in [6.45, 7) is 2.19. The van der Waals surface area contributed by atoms with Crippen molar-refractivity contribution < 1.29 is 4.57 Å². The van der Waals surface area contributed by atoms with E-state index in [9.17, 15) is 0 Å². The predicted molar refractivity (Wildman–Crippen MR) is 104 cm³/mol. The second-order valence-corrected chi connectivity index (χ2v) is 8.20. The maximum atomic E-state index is 4.30. The molecule has 0 spiro atoms. The van der Waals surface area contributed by atoms with Gasteiger partial charge < -0.3 is 0 Å². The molecule has 0 aliphatic carbocycles. The van der Waals surface area contributed by atoms with Crippen LogP contribution >= 0.6 is 22.7 Å². The molecule has 0 radical (unpaired) electrons. The summed E-state index contributed by atoms with van der Waals surface area (Å²) in [6, 6.07) is 13.4. The molecular weight excluding hydrogens is 332 g/mol. The van der Waals surface area contributed by atoms with Gasteiger partial charge in [0, 0.05) is 20.2 Å². The van der Waals surface area contributed by atoms with Gasteiger partial charge in [-0.15, -0.1) is 22.7 Å². The van der Waals surface area contributed by atoms with E-state index >= 15 is 0 Å². The highest BCUT2D eigenvalue weighted by Gasteiger charge is 2.17. The predicted octanol–water partition coefficient (Wildman–Crippen LogP) is 5.46. The second kappa shape index (κ2) is 5.10. The first-order valence-electron chi connectivity index (χ1n) is 7.87. The van der Waals surface area contributed by atoms with Crippen LogP contribution in [0.15, 0.2) is 55.0 Å². The van der Waals surface area contributed by atoms with Crippen LogP contribution in [0.4, 0.5) is 0 Å². The smallest absolute Gasteiger partial charge is 0.231 e. The lowest BCUT2D eigenvalue weighted by Crippen LogP contribution is -2.30. The molecule has 5 rings (SSSR count). The van der Waals surface area contributed by atoms with Crippen molar-refractivity contribution in [1.82, 2.24) is 4.98 Å². The van der Waals surface area contributed by atoms with E-state index in [0.29, 0.717) is 0 Å². The first kappa shape index (κ1) is 14.1. The molecule has 0 bridgehead atoms. The SMILES string of the molecule is Cc1cc2c(cc1-c1cncc[n+]1C)sc1c3ccccc3sc21. The highest BCUT2D eigenvalue weighted by Crippen LogP contribution is 2.45. The molecule has 3 aromatic heterocycles. The van der Waals surface area contributed by atoms with Crippen molar-refractivity contribution >= 4 is 52.2 Å². The molecule has 0 unspecified atom stereocenters. The zero-order valence-corrected chi connectivity index (χ0v) is 15.0. The Morgan fingerprint density at radius 3 is 2.62 bits per heavy atom. The van der Waals surface area contributed by atoms with Crippen LogP contribution in [0.5, 0.6) is 0 Å². The molecule has 2 aromatic carbocycles. The molecule has 2 nitrogen and oxygen atoms in total. The van der Waals surface area contributed by atoms with E-state index in [1.807, 2.05) is 41.3 Å². The molecule has 4 heteroatoms. The summed E-state index contributed by atoms with van der Waals surface area (Å²) in [5, 5.41) is 2.76. The van der Waals surface area contributed by atoms with Gasteiger partial charge in [-0.3, -0.25) is 4.98 Å². The van der Waals surface area contributed by atoms with Gasteiger partial charge in [0.1, 0.15) is 7.05 Å². The van der Waals surface area contributed by atoms with Crippen LogP contribution in [-0.4, -0.2) is 4.98 Å². The highest BCUT2D eigenvalue weighted by molar-refractivity contribution is 7.36. The summed E-state index contributed by atoms with van der Waals surface area (Å²) in [5.74, 6) is 0. The summed E-state index contributed by atoms with van der Waals surface area (Å²) in [5.41, 5.74) is 3.71. The van der Waals surface area contributed by atoms with Crippen LogP contribution in [0.3, 0.4) is 0 Å². The van der Waals surface area contributed by atoms with E-state index in [1.165, 1.54) is 40.7 Å². The molecule has 0 atom stereocenters. The van der Waals surface area contributed by atoms with Crippen LogP contribution in [0, 0.1) is 6.92 Å². The third-order valence-electron chi connectivity index (χ3n) is 4.56. The van der Waals surface area contributed by atoms with E-state index in [4.69, 9.17) is 0 Å². The Bertz CT molecular complexity index is 1230. The average Bonchev–Trinajstić information content (AvgIpc) is 3.11. The molecular formula is C20H15N2S2+. The number of nitrogens with zero attached hydrogens (tertiary/aromatic N) is 2. The number of thiophene rings is 2. The summed E-state index contributed by atoms with van der Waals surface area (Å²) >= 11 is 3.81. The Morgan fingerprint density at radius 1 is 0.958 bits per heavy atom. The summed E-state index contributed by atoms with van der Waals surface area (Å²) < 4.78 is 7.69. The van der Waals surface area contributed by atoms with Crippen molar-refractivity contribution in [2.75, 3.05) is 0 Å². The van der Waals surface area contributed by atoms with Gasteiger partial charge in [-0.05, 0) is 30.7 Å². The van der Waals surface area contributed by atoms with Gasteiger partial charge in [0.15, 0.2) is 6.20 Å². The van der Waals surface area contributed by atoms with Crippen LogP contribution in [0.2, 0.25) is 0 Å². The monoisotopic (exact) mass is 347 g/mol. The van der Waals surface area contributed by atoms with Crippen molar-refractivity contribution in [3.63, 3.8) is 0 Å². The number of aromatic nitrogens is 2. The third-order valence-corrected chi connectivity index (χ3v) is 7.08. The standard InChI is InChI=1S/C20H15N2S2/c1-12-9-15-18(10-14(12)16-11-21-7-8-22(16)2)24-19-13-5-3-4-6-17(13)23-20(15)19/h3-11H,1-2H3/q+1. The third kappa shape index (κ3) is 1.93. The Morgan fingerprint density at radius 2 is 1.75 bits per heavy atom. The lowest BCUT2D eigenvalue weighted by molar-refractivity contribution is -0.660. The van der Waals surface area contributed by atoms with E-state index in [1.54, 1.807) is 0 Å². The molecule has 0 aliphatic rings. The fraction of sp³-hybridized carbons (Fsp3) is 0.100. The van der Waals surface area contributed by atoms with Crippen LogP contribution in [0.1, 0.15) is 5.56 Å². The molecule has 0 saturated heterocycles. The molecule has 0 amide bonds. The zero-order valence-electron chi connectivity index (χ0n) is 13.4. The van der Waals surface area contributed by atoms with Crippen LogP contribution in [0.25, 0.3) is 40.8 Å². The van der Waals surface area contributed by atoms with Gasteiger partial charge in [-0.1, -0.05) is 18.2 Å². The number of hydrogen-bond donors (Lipinski definition) is 0. The maximum Gasteiger partial charge on any atom is 0.231 e. The molecule has 0 aliphatic heterocycles. The van der Waals surface area contributed by atoms with E-state index in [-0.39, 0.29) is 0 Å². The molecule has 0 saturated carbocycles. The van der Waals surface area contributed by atoms with Crippen LogP contribution in [-0.2, 0) is 7.05 Å². The summed E-state index contributed by atoms with van der Waals surface area (Å²) in [6.07, 6.45) is 5.77. The van der Waals surface area contributed by atoms with E-state index in [0.717, 1.165) is 5.69 Å². The van der Waals surface area contributed by atoms with Gasteiger partial charge in [-0.25, -0.2) is 0 Å². The minimum absolute atomic E-state index is 1.15. The minimum Gasteiger partial charge on any atom is -0.252 e. The van der Waals surface area contributed by atoms with E-state index in [2.05, 4.69) is 59.9 Å². The molecule has 0 N–H and O–H groups in total. The first-order chi connectivity index (χ1) is 11.7. The number of fused-ring (bicyclic) bond motifs is 5. The summed E-state index contributed by atoms with van der Waals surface area (Å²) in [4.78, 5) is 4.30. The lowest BCUT2D eigenvalue weighted by atomic mass is 10.0. The number of aryl methyl sites for hydroxylation is 2. The second-order valence-electron chi connectivity index (χ2n) is 6.09. The van der Waals surface area contributed by atoms with Gasteiger partial charge >= 0.3 is 0 Å². The lowest BCUT2D eigenvalue weighted by Gasteiger charge is -2.04. The normalized spacial score (nSPS) is 11.8. The average molecular weight is 347 g/mol. The number of benzene rings is 2. The number of hydrogen-bond acceptors (Lipinski definition) is 3. The van der Waals surface area contributed by atoms with E-state index < -0.39 is 0 Å². The molecule has 5 aromatic rings. The van der Waals surface area contributed by atoms with Gasteiger partial charge in [-0.2, -0.15) is 4.57 Å². The Hall–Kier alpha value is -2.30. The topological polar surface area (TPSA) is 16.8 Å². The minimum atomic E-state index is 1.15. The number of rotatable bonds is 1. The van der Waals surface area contributed by atoms with Crippen molar-refractivity contribution in [3.05, 3.63) is 60.6 Å². The zero-order chi connectivity index (χ0) is 16.3. The van der Waals surface area contributed by atoms with Crippen molar-refractivity contribution in [2.45, 2.75) is 6.92 Å². The van der Waals surface area contributed by atoms with Gasteiger partial charge in [0.25, 0.3) is 0 Å². The fourth-order valence-corrected chi connectivity index (χ4v) is 5.98. The Kier molecular flexibility index (Phi) is 2.99. The fourth-order valence-electron chi connectivity index (χ4n) is 3.32. The molecule has 116 valence electrons. The largest absolute Gasteiger partial charge is 0.252 e.